The Hall–Kier alpha value is -3.61. The fourth-order valence-electron chi connectivity index (χ4n) is 4.89. The van der Waals surface area contributed by atoms with Gasteiger partial charge in [-0.2, -0.15) is 0 Å². The number of imide groups is 1. The third-order valence-electron chi connectivity index (χ3n) is 6.78. The van der Waals surface area contributed by atoms with Crippen LogP contribution in [0.4, 0.5) is 0 Å². The Kier molecular flexibility index (Phi) is 8.08. The van der Waals surface area contributed by atoms with Crippen LogP contribution in [0.2, 0.25) is 0 Å². The number of nitrogens with one attached hydrogen (secondary N) is 1. The van der Waals surface area contributed by atoms with Crippen LogP contribution in [0, 0.1) is 17.8 Å². The molecule has 3 atom stereocenters. The zero-order valence-electron chi connectivity index (χ0n) is 21.1. The van der Waals surface area contributed by atoms with Gasteiger partial charge in [-0.3, -0.25) is 19.3 Å². The largest absolute Gasteiger partial charge is 0.493 e. The summed E-state index contributed by atoms with van der Waals surface area (Å²) in [4.78, 5) is 40.7. The summed E-state index contributed by atoms with van der Waals surface area (Å²) in [5.74, 6) is -0.149. The second kappa shape index (κ2) is 11.4. The minimum atomic E-state index is -0.814. The van der Waals surface area contributed by atoms with Crippen molar-refractivity contribution >= 4 is 17.7 Å². The summed E-state index contributed by atoms with van der Waals surface area (Å²) in [7, 11) is 1.57. The first-order valence-electron chi connectivity index (χ1n) is 12.5. The van der Waals surface area contributed by atoms with Crippen molar-refractivity contribution in [1.82, 2.24) is 10.2 Å². The van der Waals surface area contributed by atoms with E-state index in [0.29, 0.717) is 37.4 Å². The highest BCUT2D eigenvalue weighted by molar-refractivity contribution is 6.08. The second-order valence-corrected chi connectivity index (χ2v) is 9.82. The zero-order chi connectivity index (χ0) is 25.7. The lowest BCUT2D eigenvalue weighted by Gasteiger charge is -2.27. The Morgan fingerprint density at radius 3 is 2.25 bits per heavy atom. The third-order valence-corrected chi connectivity index (χ3v) is 6.78. The molecule has 4 rings (SSSR count). The van der Waals surface area contributed by atoms with Crippen LogP contribution in [0.3, 0.4) is 0 Å². The first kappa shape index (κ1) is 25.5. The molecular weight excluding hydrogens is 456 g/mol. The summed E-state index contributed by atoms with van der Waals surface area (Å²) in [6, 6.07) is 14.6. The van der Waals surface area contributed by atoms with Crippen LogP contribution in [-0.2, 0) is 27.5 Å². The normalized spacial score (nSPS) is 19.8. The molecule has 0 aromatic heterocycles. The van der Waals surface area contributed by atoms with Crippen molar-refractivity contribution < 1.29 is 23.9 Å². The van der Waals surface area contributed by atoms with E-state index in [1.165, 1.54) is 4.90 Å². The van der Waals surface area contributed by atoms with Crippen LogP contribution in [0.15, 0.2) is 60.7 Å². The zero-order valence-corrected chi connectivity index (χ0v) is 21.1. The number of allylic oxidation sites excluding steroid dienone is 2. The molecule has 36 heavy (non-hydrogen) atoms. The van der Waals surface area contributed by atoms with Gasteiger partial charge in [0, 0.05) is 6.54 Å². The molecule has 1 saturated heterocycles. The molecule has 1 N–H and O–H groups in total. The van der Waals surface area contributed by atoms with Crippen molar-refractivity contribution in [3.05, 3.63) is 71.8 Å². The maximum atomic E-state index is 13.3. The van der Waals surface area contributed by atoms with Crippen molar-refractivity contribution in [2.24, 2.45) is 17.8 Å². The topological polar surface area (TPSA) is 84.9 Å². The van der Waals surface area contributed by atoms with Crippen molar-refractivity contribution in [2.45, 2.75) is 52.3 Å². The smallest absolute Gasteiger partial charge is 0.243 e. The maximum Gasteiger partial charge on any atom is 0.243 e. The molecule has 1 heterocycles. The van der Waals surface area contributed by atoms with E-state index in [-0.39, 0.29) is 42.0 Å². The number of hydrogen-bond donors (Lipinski definition) is 1. The average Bonchev–Trinajstić information content (AvgIpc) is 3.15. The minimum absolute atomic E-state index is 0.142. The number of carbonyl (C=O) groups excluding carboxylic acids is 3. The monoisotopic (exact) mass is 490 g/mol. The van der Waals surface area contributed by atoms with E-state index in [4.69, 9.17) is 9.47 Å². The number of fused-ring (bicyclic) bond motifs is 1. The number of benzene rings is 2. The van der Waals surface area contributed by atoms with E-state index in [0.717, 1.165) is 11.1 Å². The predicted molar refractivity (Wildman–Crippen MR) is 136 cm³/mol. The molecule has 0 spiro atoms. The standard InChI is InChI=1S/C29H34N2O5/c1-19(2)15-24(31-28(33)22-11-7-8-12-23(22)29(31)34)27(32)30-17-21-13-14-25(26(16-21)35-3)36-18-20-9-5-4-6-10-20/h4-10,13-14,16,19,22-24H,11-12,15,17-18H2,1-3H3,(H,30,32). The molecule has 2 aromatic rings. The number of rotatable bonds is 10. The number of likely N-dealkylation sites (tertiary alicyclic amines) is 1. The molecule has 2 aliphatic rings. The van der Waals surface area contributed by atoms with Gasteiger partial charge < -0.3 is 14.8 Å². The summed E-state index contributed by atoms with van der Waals surface area (Å²) in [6.07, 6.45) is 5.44. The van der Waals surface area contributed by atoms with Gasteiger partial charge >= 0.3 is 0 Å². The molecule has 7 heteroatoms. The van der Waals surface area contributed by atoms with Gasteiger partial charge in [0.2, 0.25) is 17.7 Å². The van der Waals surface area contributed by atoms with Crippen LogP contribution >= 0.6 is 0 Å². The Morgan fingerprint density at radius 1 is 0.972 bits per heavy atom. The van der Waals surface area contributed by atoms with Gasteiger partial charge in [-0.15, -0.1) is 0 Å². The van der Waals surface area contributed by atoms with Gasteiger partial charge in [0.05, 0.1) is 18.9 Å². The molecule has 0 radical (unpaired) electrons. The highest BCUT2D eigenvalue weighted by Gasteiger charge is 2.51. The number of ether oxygens (including phenoxy) is 2. The summed E-state index contributed by atoms with van der Waals surface area (Å²) in [5.41, 5.74) is 1.88. The van der Waals surface area contributed by atoms with Gasteiger partial charge in [0.15, 0.2) is 11.5 Å². The van der Waals surface area contributed by atoms with Crippen molar-refractivity contribution in [3.8, 4) is 11.5 Å². The minimum Gasteiger partial charge on any atom is -0.493 e. The molecular formula is C29H34N2O5. The molecule has 7 nitrogen and oxygen atoms in total. The summed E-state index contributed by atoms with van der Waals surface area (Å²) in [6.45, 7) is 4.63. The molecule has 190 valence electrons. The quantitative estimate of drug-likeness (QED) is 0.397. The van der Waals surface area contributed by atoms with E-state index in [1.807, 2.05) is 74.5 Å². The van der Waals surface area contributed by atoms with E-state index in [2.05, 4.69) is 5.32 Å². The van der Waals surface area contributed by atoms with Crippen LogP contribution in [0.5, 0.6) is 11.5 Å². The fraction of sp³-hybridized carbons (Fsp3) is 0.414. The van der Waals surface area contributed by atoms with E-state index >= 15 is 0 Å². The molecule has 0 saturated carbocycles. The summed E-state index contributed by atoms with van der Waals surface area (Å²) >= 11 is 0. The highest BCUT2D eigenvalue weighted by atomic mass is 16.5. The number of nitrogens with zero attached hydrogens (tertiary/aromatic N) is 1. The number of amides is 3. The van der Waals surface area contributed by atoms with Crippen LogP contribution in [0.25, 0.3) is 0 Å². The molecule has 3 amide bonds. The number of carbonyl (C=O) groups is 3. The molecule has 0 bridgehead atoms. The van der Waals surface area contributed by atoms with Crippen LogP contribution in [-0.4, -0.2) is 35.8 Å². The fourth-order valence-corrected chi connectivity index (χ4v) is 4.89. The average molecular weight is 491 g/mol. The molecule has 3 unspecified atom stereocenters. The van der Waals surface area contributed by atoms with E-state index < -0.39 is 6.04 Å². The van der Waals surface area contributed by atoms with Gasteiger partial charge in [-0.25, -0.2) is 0 Å². The SMILES string of the molecule is COc1cc(CNC(=O)C(CC(C)C)N2C(=O)C3CC=CCC3C2=O)ccc1OCc1ccccc1. The van der Waals surface area contributed by atoms with Gasteiger partial charge in [-0.05, 0) is 48.4 Å². The Labute approximate surface area is 212 Å². The maximum absolute atomic E-state index is 13.3. The van der Waals surface area contributed by atoms with E-state index in [1.54, 1.807) is 7.11 Å². The lowest BCUT2D eigenvalue weighted by Crippen LogP contribution is -2.50. The van der Waals surface area contributed by atoms with Crippen molar-refractivity contribution in [2.75, 3.05) is 7.11 Å². The summed E-state index contributed by atoms with van der Waals surface area (Å²) in [5, 5.41) is 2.94. The second-order valence-electron chi connectivity index (χ2n) is 9.82. The van der Waals surface area contributed by atoms with Crippen LogP contribution < -0.4 is 14.8 Å². The molecule has 2 aromatic carbocycles. The van der Waals surface area contributed by atoms with Crippen molar-refractivity contribution in [3.63, 3.8) is 0 Å². The van der Waals surface area contributed by atoms with Crippen LogP contribution in [0.1, 0.15) is 44.2 Å². The Balaban J connectivity index is 1.42. The predicted octanol–water partition coefficient (Wildman–Crippen LogP) is 4.26. The van der Waals surface area contributed by atoms with Crippen molar-refractivity contribution in [1.29, 1.82) is 0 Å². The first-order valence-corrected chi connectivity index (χ1v) is 12.5. The van der Waals surface area contributed by atoms with E-state index in [9.17, 15) is 14.4 Å². The Bertz CT molecular complexity index is 1100. The highest BCUT2D eigenvalue weighted by Crippen LogP contribution is 2.37. The van der Waals surface area contributed by atoms with Gasteiger partial charge in [-0.1, -0.05) is 62.4 Å². The molecule has 1 aliphatic heterocycles. The van der Waals surface area contributed by atoms with Gasteiger partial charge in [0.1, 0.15) is 12.6 Å². The molecule has 1 aliphatic carbocycles. The lowest BCUT2D eigenvalue weighted by molar-refractivity contribution is -0.148. The Morgan fingerprint density at radius 2 is 1.64 bits per heavy atom. The first-order chi connectivity index (χ1) is 17.4. The summed E-state index contributed by atoms with van der Waals surface area (Å²) < 4.78 is 11.4. The van der Waals surface area contributed by atoms with Gasteiger partial charge in [0.25, 0.3) is 0 Å². The molecule has 1 fully saturated rings. The number of hydrogen-bond acceptors (Lipinski definition) is 5. The third kappa shape index (κ3) is 5.61. The lowest BCUT2D eigenvalue weighted by atomic mass is 9.85. The number of methoxy groups -OCH3 is 1.